The van der Waals surface area contributed by atoms with E-state index in [1.165, 1.54) is 0 Å². The summed E-state index contributed by atoms with van der Waals surface area (Å²) in [5.41, 5.74) is 1.11. The quantitative estimate of drug-likeness (QED) is 0.563. The first-order valence-electron chi connectivity index (χ1n) is 10.4. The predicted molar refractivity (Wildman–Crippen MR) is 118 cm³/mol. The summed E-state index contributed by atoms with van der Waals surface area (Å²) in [7, 11) is 1.56. The zero-order valence-electron chi connectivity index (χ0n) is 18.0. The lowest BCUT2D eigenvalue weighted by molar-refractivity contribution is -0.118. The Morgan fingerprint density at radius 1 is 1.12 bits per heavy atom. The third-order valence-electron chi connectivity index (χ3n) is 5.21. The smallest absolute Gasteiger partial charge is 0.262 e. The monoisotopic (exact) mass is 435 g/mol. The number of methoxy groups -OCH3 is 1. The molecule has 2 amide bonds. The molecule has 0 aliphatic carbocycles. The number of benzene rings is 2. The summed E-state index contributed by atoms with van der Waals surface area (Å²) in [5.74, 6) is 2.38. The number of fused-ring (bicyclic) bond motifs is 1. The normalized spacial score (nSPS) is 13.2. The van der Waals surface area contributed by atoms with Gasteiger partial charge in [0.25, 0.3) is 11.8 Å². The third-order valence-corrected chi connectivity index (χ3v) is 5.21. The highest BCUT2D eigenvalue weighted by Gasteiger charge is 2.22. The van der Waals surface area contributed by atoms with Crippen molar-refractivity contribution in [2.24, 2.45) is 0 Å². The molecule has 0 spiro atoms. The van der Waals surface area contributed by atoms with Gasteiger partial charge >= 0.3 is 0 Å². The molecule has 1 atom stereocenters. The molecule has 1 aromatic heterocycles. The zero-order chi connectivity index (χ0) is 22.5. The van der Waals surface area contributed by atoms with Gasteiger partial charge in [-0.15, -0.1) is 10.2 Å². The van der Waals surface area contributed by atoms with Gasteiger partial charge in [0.15, 0.2) is 12.4 Å². The van der Waals surface area contributed by atoms with Gasteiger partial charge in [0.1, 0.15) is 17.3 Å². The van der Waals surface area contributed by atoms with Crippen molar-refractivity contribution in [3.63, 3.8) is 0 Å². The van der Waals surface area contributed by atoms with Gasteiger partial charge < -0.3 is 24.7 Å². The number of nitrogens with one attached hydrogen (secondary N) is 2. The van der Waals surface area contributed by atoms with E-state index in [2.05, 4.69) is 25.4 Å². The molecule has 9 heteroatoms. The van der Waals surface area contributed by atoms with E-state index in [4.69, 9.17) is 9.47 Å². The minimum Gasteiger partial charge on any atom is -0.497 e. The van der Waals surface area contributed by atoms with Crippen LogP contribution in [0, 0.1) is 0 Å². The molecule has 1 aliphatic heterocycles. The third kappa shape index (κ3) is 4.88. The van der Waals surface area contributed by atoms with Gasteiger partial charge in [0.05, 0.1) is 13.2 Å². The number of nitrogens with zero attached hydrogens (tertiary/aromatic N) is 3. The Kier molecular flexibility index (Phi) is 6.34. The van der Waals surface area contributed by atoms with Crippen LogP contribution in [0.3, 0.4) is 0 Å². The number of rotatable bonds is 8. The highest BCUT2D eigenvalue weighted by Crippen LogP contribution is 2.20. The molecule has 32 heavy (non-hydrogen) atoms. The Hall–Kier alpha value is -3.88. The molecule has 166 valence electrons. The summed E-state index contributed by atoms with van der Waals surface area (Å²) < 4.78 is 12.7. The number of carbonyl (C=O) groups is 2. The maximum absolute atomic E-state index is 12.6. The van der Waals surface area contributed by atoms with Gasteiger partial charge in [0.2, 0.25) is 0 Å². The van der Waals surface area contributed by atoms with E-state index in [9.17, 15) is 9.59 Å². The van der Waals surface area contributed by atoms with Crippen LogP contribution in [0.25, 0.3) is 0 Å². The lowest BCUT2D eigenvalue weighted by atomic mass is 10.2. The lowest BCUT2D eigenvalue weighted by Crippen LogP contribution is -2.28. The SMILES string of the molecule is COc1cccc(NC(=O)COc2ccc(C(=O)NC(C)c3nnc4n3CCC4)cc2)c1. The lowest BCUT2D eigenvalue weighted by Gasteiger charge is -2.14. The van der Waals surface area contributed by atoms with Crippen LogP contribution in [0.1, 0.15) is 41.4 Å². The average Bonchev–Trinajstić information content (AvgIpc) is 3.42. The number of amides is 2. The fourth-order valence-electron chi connectivity index (χ4n) is 3.59. The highest BCUT2D eigenvalue weighted by atomic mass is 16.5. The topological polar surface area (TPSA) is 107 Å². The molecule has 1 unspecified atom stereocenters. The maximum atomic E-state index is 12.6. The summed E-state index contributed by atoms with van der Waals surface area (Å²) in [5, 5.41) is 14.1. The van der Waals surface area contributed by atoms with Crippen LogP contribution in [0.4, 0.5) is 5.69 Å². The zero-order valence-corrected chi connectivity index (χ0v) is 18.0. The number of hydrogen-bond acceptors (Lipinski definition) is 6. The van der Waals surface area contributed by atoms with Gasteiger partial charge in [-0.3, -0.25) is 9.59 Å². The van der Waals surface area contributed by atoms with E-state index in [1.54, 1.807) is 55.6 Å². The number of aryl methyl sites for hydroxylation is 1. The molecular formula is C23H25N5O4. The summed E-state index contributed by atoms with van der Waals surface area (Å²) in [6, 6.07) is 13.5. The Labute approximate surface area is 185 Å². The van der Waals surface area contributed by atoms with Crippen LogP contribution >= 0.6 is 0 Å². The Morgan fingerprint density at radius 3 is 2.72 bits per heavy atom. The summed E-state index contributed by atoms with van der Waals surface area (Å²) in [6.07, 6.45) is 1.98. The largest absolute Gasteiger partial charge is 0.497 e. The minimum absolute atomic E-state index is 0.155. The minimum atomic E-state index is -0.297. The average molecular weight is 435 g/mol. The first kappa shape index (κ1) is 21.4. The van der Waals surface area contributed by atoms with E-state index in [1.807, 2.05) is 6.92 Å². The molecule has 9 nitrogen and oxygen atoms in total. The van der Waals surface area contributed by atoms with Gasteiger partial charge in [0, 0.05) is 30.3 Å². The second-order valence-corrected chi connectivity index (χ2v) is 7.52. The fourth-order valence-corrected chi connectivity index (χ4v) is 3.59. The fraction of sp³-hybridized carbons (Fsp3) is 0.304. The summed E-state index contributed by atoms with van der Waals surface area (Å²) in [4.78, 5) is 24.7. The van der Waals surface area contributed by atoms with E-state index >= 15 is 0 Å². The second kappa shape index (κ2) is 9.51. The molecule has 2 N–H and O–H groups in total. The molecule has 0 saturated heterocycles. The summed E-state index contributed by atoms with van der Waals surface area (Å²) >= 11 is 0. The molecule has 1 aliphatic rings. The standard InChI is InChI=1S/C23H25N5O4/c1-15(22-27-26-20-7-4-12-28(20)22)24-23(30)16-8-10-18(11-9-16)32-14-21(29)25-17-5-3-6-19(13-17)31-2/h3,5-6,8-11,13,15H,4,7,12,14H2,1-2H3,(H,24,30)(H,25,29). The molecule has 2 aromatic carbocycles. The van der Waals surface area contributed by atoms with Gasteiger partial charge in [-0.05, 0) is 49.7 Å². The van der Waals surface area contributed by atoms with E-state index in [0.29, 0.717) is 22.7 Å². The van der Waals surface area contributed by atoms with Crippen molar-refractivity contribution in [1.29, 1.82) is 0 Å². The Balaban J connectivity index is 1.28. The van der Waals surface area contributed by atoms with E-state index in [0.717, 1.165) is 31.0 Å². The van der Waals surface area contributed by atoms with Crippen molar-refractivity contribution >= 4 is 17.5 Å². The number of aromatic nitrogens is 3. The highest BCUT2D eigenvalue weighted by molar-refractivity contribution is 5.94. The second-order valence-electron chi connectivity index (χ2n) is 7.52. The van der Waals surface area contributed by atoms with Crippen molar-refractivity contribution in [3.8, 4) is 11.5 Å². The van der Waals surface area contributed by atoms with Gasteiger partial charge in [-0.1, -0.05) is 6.07 Å². The van der Waals surface area contributed by atoms with Crippen LogP contribution in [0.2, 0.25) is 0 Å². The first-order chi connectivity index (χ1) is 15.5. The van der Waals surface area contributed by atoms with Crippen LogP contribution < -0.4 is 20.1 Å². The van der Waals surface area contributed by atoms with E-state index in [-0.39, 0.29) is 24.5 Å². The van der Waals surface area contributed by atoms with Crippen molar-refractivity contribution in [2.75, 3.05) is 19.0 Å². The number of hydrogen-bond donors (Lipinski definition) is 2. The molecule has 0 fully saturated rings. The molecule has 0 saturated carbocycles. The van der Waals surface area contributed by atoms with Crippen molar-refractivity contribution < 1.29 is 19.1 Å². The first-order valence-corrected chi connectivity index (χ1v) is 10.4. The molecule has 4 rings (SSSR count). The number of ether oxygens (including phenoxy) is 2. The number of carbonyl (C=O) groups excluding carboxylic acids is 2. The maximum Gasteiger partial charge on any atom is 0.262 e. The van der Waals surface area contributed by atoms with Crippen LogP contribution in [-0.4, -0.2) is 40.3 Å². The van der Waals surface area contributed by atoms with Crippen LogP contribution in [0.5, 0.6) is 11.5 Å². The Bertz CT molecular complexity index is 1110. The van der Waals surface area contributed by atoms with Gasteiger partial charge in [-0.2, -0.15) is 0 Å². The van der Waals surface area contributed by atoms with Crippen molar-refractivity contribution in [1.82, 2.24) is 20.1 Å². The Morgan fingerprint density at radius 2 is 1.94 bits per heavy atom. The van der Waals surface area contributed by atoms with E-state index < -0.39 is 0 Å². The van der Waals surface area contributed by atoms with Crippen molar-refractivity contribution in [2.45, 2.75) is 32.4 Å². The molecular weight excluding hydrogens is 410 g/mol. The molecule has 0 bridgehead atoms. The summed E-state index contributed by atoms with van der Waals surface area (Å²) in [6.45, 7) is 2.62. The van der Waals surface area contributed by atoms with Crippen LogP contribution in [0.15, 0.2) is 48.5 Å². The van der Waals surface area contributed by atoms with Crippen molar-refractivity contribution in [3.05, 3.63) is 65.7 Å². The van der Waals surface area contributed by atoms with Gasteiger partial charge in [-0.25, -0.2) is 0 Å². The molecule has 3 aromatic rings. The molecule has 2 heterocycles. The molecule has 0 radical (unpaired) electrons. The predicted octanol–water partition coefficient (Wildman–Crippen LogP) is 2.74. The number of anilines is 1. The van der Waals surface area contributed by atoms with Crippen LogP contribution in [-0.2, 0) is 17.8 Å².